The Morgan fingerprint density at radius 1 is 1.29 bits per heavy atom. The van der Waals surface area contributed by atoms with Gasteiger partial charge in [0, 0.05) is 0 Å². The number of carboxylic acids is 2. The molecule has 0 fully saturated rings. The van der Waals surface area contributed by atoms with E-state index >= 15 is 0 Å². The van der Waals surface area contributed by atoms with Crippen LogP contribution in [0.4, 0.5) is 0 Å². The molecule has 0 saturated heterocycles. The van der Waals surface area contributed by atoms with Crippen LogP contribution in [0.2, 0.25) is 0 Å². The Morgan fingerprint density at radius 3 is 2.21 bits per heavy atom. The Balaban J connectivity index is 4.23. The molecule has 0 amide bonds. The van der Waals surface area contributed by atoms with Gasteiger partial charge in [0.1, 0.15) is 5.97 Å². The van der Waals surface area contributed by atoms with Crippen molar-refractivity contribution in [2.24, 2.45) is 5.92 Å². The van der Waals surface area contributed by atoms with Crippen molar-refractivity contribution in [2.45, 2.75) is 12.8 Å². The Labute approximate surface area is 85.5 Å². The second-order valence-electron chi connectivity index (χ2n) is 2.66. The number of carboxylic acid groups (broad SMARTS) is 2. The summed E-state index contributed by atoms with van der Waals surface area (Å²) in [4.78, 5) is 31.3. The van der Waals surface area contributed by atoms with Crippen LogP contribution in [0.3, 0.4) is 0 Å². The summed E-state index contributed by atoms with van der Waals surface area (Å²) in [6.07, 6.45) is 2.27. The van der Waals surface area contributed by atoms with E-state index in [-0.39, 0.29) is 6.42 Å². The maximum Gasteiger partial charge on any atom is 0.186 e. The van der Waals surface area contributed by atoms with Gasteiger partial charge in [-0.3, -0.25) is 4.79 Å². The average molecular weight is 218 g/mol. The van der Waals surface area contributed by atoms with E-state index in [2.05, 4.69) is 0 Å². The lowest BCUT2D eigenvalue weighted by atomic mass is 9.99. The van der Waals surface area contributed by atoms with Crippen LogP contribution in [-0.4, -0.2) is 29.7 Å². The van der Waals surface area contributed by atoms with Crippen LogP contribution in [0, 0.1) is 5.92 Å². The molecule has 0 aliphatic heterocycles. The zero-order valence-corrected chi connectivity index (χ0v) is 8.46. The fraction of sp³-hybridized carbons (Fsp3) is 0.625. The number of Topliss-reactive ketones (excluding diaryl/α,β-unsaturated/α-hetero) is 1. The molecule has 0 aliphatic carbocycles. The Bertz CT molecular complexity index is 238. The van der Waals surface area contributed by atoms with Crippen molar-refractivity contribution in [1.29, 1.82) is 0 Å². The van der Waals surface area contributed by atoms with Gasteiger partial charge in [-0.05, 0) is 24.9 Å². The van der Waals surface area contributed by atoms with Crippen LogP contribution in [0.25, 0.3) is 0 Å². The molecule has 1 atom stereocenters. The number of ketones is 1. The molecule has 80 valence electrons. The molecule has 0 heterocycles. The molecule has 0 N–H and O–H groups in total. The summed E-state index contributed by atoms with van der Waals surface area (Å²) < 4.78 is 0. The molecule has 0 spiro atoms. The van der Waals surface area contributed by atoms with Crippen LogP contribution >= 0.6 is 11.8 Å². The van der Waals surface area contributed by atoms with Gasteiger partial charge in [-0.15, -0.1) is 0 Å². The number of hydrogen-bond acceptors (Lipinski definition) is 6. The summed E-state index contributed by atoms with van der Waals surface area (Å²) in [5.41, 5.74) is 0. The van der Waals surface area contributed by atoms with Crippen molar-refractivity contribution >= 4 is 29.5 Å². The highest BCUT2D eigenvalue weighted by Crippen LogP contribution is 2.09. The van der Waals surface area contributed by atoms with Crippen molar-refractivity contribution < 1.29 is 24.6 Å². The quantitative estimate of drug-likeness (QED) is 0.273. The van der Waals surface area contributed by atoms with Crippen molar-refractivity contribution in [2.75, 3.05) is 12.0 Å². The van der Waals surface area contributed by atoms with Gasteiger partial charge in [-0.1, -0.05) is 0 Å². The third-order valence-corrected chi connectivity index (χ3v) is 2.34. The first-order chi connectivity index (χ1) is 6.50. The molecule has 6 heteroatoms. The van der Waals surface area contributed by atoms with E-state index in [4.69, 9.17) is 0 Å². The molecule has 5 nitrogen and oxygen atoms in total. The van der Waals surface area contributed by atoms with Crippen molar-refractivity contribution in [3.05, 3.63) is 0 Å². The monoisotopic (exact) mass is 218 g/mol. The zero-order chi connectivity index (χ0) is 11.1. The van der Waals surface area contributed by atoms with Gasteiger partial charge in [0.2, 0.25) is 0 Å². The Kier molecular flexibility index (Phi) is 5.94. The number of thioether (sulfide) groups is 1. The van der Waals surface area contributed by atoms with Crippen LogP contribution in [0.15, 0.2) is 0 Å². The molecule has 0 aromatic heterocycles. The second-order valence-corrected chi connectivity index (χ2v) is 3.64. The lowest BCUT2D eigenvalue weighted by Gasteiger charge is -2.16. The summed E-state index contributed by atoms with van der Waals surface area (Å²) in [7, 11) is 0. The smallest absolute Gasteiger partial charge is 0.186 e. The maximum atomic E-state index is 10.8. The molecule has 0 aliphatic rings. The van der Waals surface area contributed by atoms with E-state index in [0.717, 1.165) is 0 Å². The van der Waals surface area contributed by atoms with Gasteiger partial charge in [0.05, 0.1) is 11.9 Å². The van der Waals surface area contributed by atoms with E-state index in [1.54, 1.807) is 0 Å². The first kappa shape index (κ1) is 13.0. The minimum absolute atomic E-state index is 0.0179. The molecule has 0 saturated carbocycles. The number of carbonyl (C=O) groups is 3. The van der Waals surface area contributed by atoms with Crippen LogP contribution in [0.5, 0.6) is 0 Å². The van der Waals surface area contributed by atoms with E-state index in [1.165, 1.54) is 11.8 Å². The number of carbonyl (C=O) groups excluding carboxylic acids is 3. The van der Waals surface area contributed by atoms with Crippen molar-refractivity contribution in [3.8, 4) is 0 Å². The van der Waals surface area contributed by atoms with E-state index < -0.39 is 23.6 Å². The average Bonchev–Trinajstić information content (AvgIpc) is 2.10. The predicted octanol–water partition coefficient (Wildman–Crippen LogP) is -2.19. The molecule has 0 aromatic rings. The first-order valence-corrected chi connectivity index (χ1v) is 5.35. The summed E-state index contributed by atoms with van der Waals surface area (Å²) in [6, 6.07) is 0. The minimum atomic E-state index is -1.97. The maximum absolute atomic E-state index is 10.8. The largest absolute Gasteiger partial charge is 0.549 e. The lowest BCUT2D eigenvalue weighted by molar-refractivity contribution is -0.314. The fourth-order valence-corrected chi connectivity index (χ4v) is 1.39. The number of rotatable bonds is 7. The normalized spacial score (nSPS) is 12.1. The third kappa shape index (κ3) is 4.27. The third-order valence-electron chi connectivity index (χ3n) is 1.64. The summed E-state index contributed by atoms with van der Waals surface area (Å²) in [5.74, 6) is -5.94. The van der Waals surface area contributed by atoms with Crippen LogP contribution < -0.4 is 10.2 Å². The Morgan fingerprint density at radius 2 is 1.86 bits per heavy atom. The Hall–Kier alpha value is -1.04. The molecule has 0 radical (unpaired) electrons. The molecular weight excluding hydrogens is 208 g/mol. The van der Waals surface area contributed by atoms with Crippen LogP contribution in [-0.2, 0) is 14.4 Å². The molecule has 0 bridgehead atoms. The summed E-state index contributed by atoms with van der Waals surface area (Å²) in [5, 5.41) is 20.5. The topological polar surface area (TPSA) is 97.3 Å². The lowest BCUT2D eigenvalue weighted by Crippen LogP contribution is -2.44. The highest BCUT2D eigenvalue weighted by Gasteiger charge is 2.19. The van der Waals surface area contributed by atoms with Crippen molar-refractivity contribution in [1.82, 2.24) is 0 Å². The molecule has 1 unspecified atom stereocenters. The SMILES string of the molecule is CSCCCC(C(=O)[O-])C(=O)C(=O)[O-]. The number of hydrogen-bond donors (Lipinski definition) is 0. The highest BCUT2D eigenvalue weighted by molar-refractivity contribution is 7.98. The summed E-state index contributed by atoms with van der Waals surface area (Å²) >= 11 is 1.49. The van der Waals surface area contributed by atoms with Crippen LogP contribution in [0.1, 0.15) is 12.8 Å². The standard InChI is InChI=1S/C8H12O5S/c1-14-4-2-3-5(7(10)11)6(9)8(12)13/h5H,2-4H2,1H3,(H,10,11)(H,12,13)/p-2. The second kappa shape index (κ2) is 6.42. The molecule has 0 rings (SSSR count). The molecular formula is C8H10O5S-2. The molecule has 14 heavy (non-hydrogen) atoms. The van der Waals surface area contributed by atoms with Gasteiger partial charge in [0.15, 0.2) is 5.78 Å². The van der Waals surface area contributed by atoms with Gasteiger partial charge in [-0.25, -0.2) is 0 Å². The van der Waals surface area contributed by atoms with Gasteiger partial charge in [0.25, 0.3) is 0 Å². The van der Waals surface area contributed by atoms with Crippen molar-refractivity contribution in [3.63, 3.8) is 0 Å². The van der Waals surface area contributed by atoms with E-state index in [9.17, 15) is 24.6 Å². The minimum Gasteiger partial charge on any atom is -0.549 e. The first-order valence-electron chi connectivity index (χ1n) is 3.95. The molecule has 0 aromatic carbocycles. The van der Waals surface area contributed by atoms with Gasteiger partial charge < -0.3 is 19.8 Å². The fourth-order valence-electron chi connectivity index (χ4n) is 0.930. The predicted molar refractivity (Wildman–Crippen MR) is 46.1 cm³/mol. The highest BCUT2D eigenvalue weighted by atomic mass is 32.2. The van der Waals surface area contributed by atoms with E-state index in [1.807, 2.05) is 6.26 Å². The summed E-state index contributed by atoms with van der Waals surface area (Å²) in [6.45, 7) is 0. The van der Waals surface area contributed by atoms with Gasteiger partial charge in [-0.2, -0.15) is 11.8 Å². The zero-order valence-electron chi connectivity index (χ0n) is 7.65. The van der Waals surface area contributed by atoms with E-state index in [0.29, 0.717) is 12.2 Å². The number of aliphatic carboxylic acids is 2. The van der Waals surface area contributed by atoms with Gasteiger partial charge >= 0.3 is 0 Å².